The minimum atomic E-state index is 0.00143. The molecule has 8 atom stereocenters. The van der Waals surface area contributed by atoms with Gasteiger partial charge in [0.15, 0.2) is 0 Å². The zero-order valence-corrected chi connectivity index (χ0v) is 24.1. The van der Waals surface area contributed by atoms with Gasteiger partial charge in [-0.1, -0.05) is 39.3 Å². The molecule has 0 saturated heterocycles. The third kappa shape index (κ3) is 4.16. The van der Waals surface area contributed by atoms with E-state index in [2.05, 4.69) is 70.6 Å². The summed E-state index contributed by atoms with van der Waals surface area (Å²) in [7, 11) is 1.94. The first-order chi connectivity index (χ1) is 15.0. The summed E-state index contributed by atoms with van der Waals surface area (Å²) in [4.78, 5) is 0. The van der Waals surface area contributed by atoms with Gasteiger partial charge in [0.05, 0.1) is 11.2 Å². The zero-order chi connectivity index (χ0) is 23.4. The van der Waals surface area contributed by atoms with Crippen LogP contribution in [0.1, 0.15) is 112 Å². The Balaban J connectivity index is 1.51. The minimum Gasteiger partial charge on any atom is -0.378 e. The quantitative estimate of drug-likeness (QED) is 0.230. The molecule has 0 heterocycles. The van der Waals surface area contributed by atoms with E-state index < -0.39 is 0 Å². The molecular weight excluding hydrogens is 507 g/mol. The highest BCUT2D eigenvalue weighted by molar-refractivity contribution is 14.1. The molecule has 0 radical (unpaired) electrons. The van der Waals surface area contributed by atoms with Crippen LogP contribution in [0.5, 0.6) is 0 Å². The topological polar surface area (TPSA) is 18.5 Å². The summed E-state index contributed by atoms with van der Waals surface area (Å²) in [6, 6.07) is 0. The Bertz CT molecular complexity index is 710. The predicted molar refractivity (Wildman–Crippen MR) is 143 cm³/mol. The van der Waals surface area contributed by atoms with Crippen molar-refractivity contribution in [3.8, 4) is 0 Å². The number of hydrogen-bond donors (Lipinski definition) is 0. The summed E-state index contributed by atoms with van der Waals surface area (Å²) in [5, 5.41) is 0. The summed E-state index contributed by atoms with van der Waals surface area (Å²) < 4.78 is 11.8. The number of halogens is 1. The molecule has 184 valence electrons. The molecule has 3 saturated carbocycles. The molecule has 0 bridgehead atoms. The molecular formula is C29H49IO2. The van der Waals surface area contributed by atoms with Crippen molar-refractivity contribution >= 4 is 23.0 Å². The van der Waals surface area contributed by atoms with Crippen molar-refractivity contribution in [2.75, 3.05) is 7.11 Å². The molecule has 3 fully saturated rings. The van der Waals surface area contributed by atoms with Crippen LogP contribution in [0.15, 0.2) is 11.6 Å². The lowest BCUT2D eigenvalue weighted by Crippen LogP contribution is -2.52. The maximum absolute atomic E-state index is 6.09. The number of hydrogen-bond acceptors (Lipinski definition) is 2. The molecule has 2 nitrogen and oxygen atoms in total. The summed E-state index contributed by atoms with van der Waals surface area (Å²) in [5.74, 6) is 4.43. The third-order valence-corrected chi connectivity index (χ3v) is 12.7. The van der Waals surface area contributed by atoms with Gasteiger partial charge in [-0.3, -0.25) is 0 Å². The second-order valence-corrected chi connectivity index (χ2v) is 13.7. The van der Waals surface area contributed by atoms with Crippen LogP contribution in [-0.2, 0) is 7.80 Å². The lowest BCUT2D eigenvalue weighted by atomic mass is 9.46. The highest BCUT2D eigenvalue weighted by Gasteiger charge is 2.60. The molecule has 0 aliphatic heterocycles. The van der Waals surface area contributed by atoms with Crippen LogP contribution in [0.2, 0.25) is 0 Å². The van der Waals surface area contributed by atoms with Gasteiger partial charge in [-0.15, -0.1) is 0 Å². The van der Waals surface area contributed by atoms with E-state index in [0.717, 1.165) is 36.0 Å². The number of ether oxygens (including phenoxy) is 1. The molecule has 4 aliphatic rings. The number of fused-ring (bicyclic) bond motifs is 5. The monoisotopic (exact) mass is 556 g/mol. The first kappa shape index (κ1) is 25.5. The van der Waals surface area contributed by atoms with Gasteiger partial charge in [0.25, 0.3) is 0 Å². The van der Waals surface area contributed by atoms with Gasteiger partial charge in [0, 0.05) is 7.11 Å². The molecule has 3 heteroatoms. The van der Waals surface area contributed by atoms with Crippen molar-refractivity contribution in [3.63, 3.8) is 0 Å². The van der Waals surface area contributed by atoms with E-state index >= 15 is 0 Å². The smallest absolute Gasteiger partial charge is 0.110 e. The summed E-state index contributed by atoms with van der Waals surface area (Å²) in [6.45, 7) is 14.7. The predicted octanol–water partition coefficient (Wildman–Crippen LogP) is 8.92. The molecule has 4 aliphatic carbocycles. The Morgan fingerprint density at radius 3 is 2.53 bits per heavy atom. The van der Waals surface area contributed by atoms with Crippen molar-refractivity contribution in [2.45, 2.75) is 123 Å². The van der Waals surface area contributed by atoms with Crippen molar-refractivity contribution in [2.24, 2.45) is 40.4 Å². The standard InChI is InChI=1S/C29H49IO2/c1-8-29(31-7)18-17-27(5)21(19-29)9-10-22-24-12-11-23(28(24,6)16-14-25(22)27)20(2)13-15-26(3,4)32-30/h9,20,22-25H,8,10-19H2,1-7H3/t20-,22+,23-,24+,25+,27+,28-,29+/m1/s1. The average Bonchev–Trinajstić information content (AvgIpc) is 3.14. The second-order valence-electron chi connectivity index (χ2n) is 13.3. The molecule has 0 spiro atoms. The van der Waals surface area contributed by atoms with Crippen LogP contribution in [0.4, 0.5) is 0 Å². The highest BCUT2D eigenvalue weighted by atomic mass is 127. The first-order valence-electron chi connectivity index (χ1n) is 13.6. The summed E-state index contributed by atoms with van der Waals surface area (Å²) >= 11 is 2.09. The summed E-state index contributed by atoms with van der Waals surface area (Å²) in [5.41, 5.74) is 2.83. The maximum atomic E-state index is 6.09. The fourth-order valence-corrected chi connectivity index (χ4v) is 9.33. The van der Waals surface area contributed by atoms with E-state index in [1.54, 1.807) is 5.57 Å². The van der Waals surface area contributed by atoms with E-state index in [1.165, 1.54) is 64.2 Å². The van der Waals surface area contributed by atoms with Crippen molar-refractivity contribution in [1.29, 1.82) is 0 Å². The third-order valence-electron chi connectivity index (χ3n) is 11.5. The Labute approximate surface area is 212 Å². The Morgan fingerprint density at radius 1 is 1.12 bits per heavy atom. The van der Waals surface area contributed by atoms with Crippen LogP contribution in [-0.4, -0.2) is 18.3 Å². The van der Waals surface area contributed by atoms with E-state index in [0.29, 0.717) is 10.8 Å². The van der Waals surface area contributed by atoms with E-state index in [4.69, 9.17) is 7.80 Å². The largest absolute Gasteiger partial charge is 0.378 e. The molecule has 0 aromatic rings. The number of allylic oxidation sites excluding steroid dienone is 1. The molecule has 32 heavy (non-hydrogen) atoms. The fraction of sp³-hybridized carbons (Fsp3) is 0.931. The summed E-state index contributed by atoms with van der Waals surface area (Å²) in [6.07, 6.45) is 17.2. The maximum Gasteiger partial charge on any atom is 0.110 e. The molecule has 0 aromatic heterocycles. The van der Waals surface area contributed by atoms with Crippen LogP contribution in [0.3, 0.4) is 0 Å². The van der Waals surface area contributed by atoms with Gasteiger partial charge >= 0.3 is 0 Å². The van der Waals surface area contributed by atoms with Gasteiger partial charge in [-0.25, -0.2) is 0 Å². The molecule has 0 aromatic carbocycles. The lowest BCUT2D eigenvalue weighted by molar-refractivity contribution is -0.0882. The van der Waals surface area contributed by atoms with E-state index in [1.807, 2.05) is 7.11 Å². The Hall–Kier alpha value is 0.390. The van der Waals surface area contributed by atoms with Crippen LogP contribution < -0.4 is 0 Å². The normalized spacial score (nSPS) is 44.9. The fourth-order valence-electron chi connectivity index (χ4n) is 9.11. The molecule has 0 N–H and O–H groups in total. The van der Waals surface area contributed by atoms with Gasteiger partial charge < -0.3 is 7.80 Å². The Kier molecular flexibility index (Phi) is 7.26. The van der Waals surface area contributed by atoms with Crippen LogP contribution >= 0.6 is 23.0 Å². The zero-order valence-electron chi connectivity index (χ0n) is 21.9. The van der Waals surface area contributed by atoms with Gasteiger partial charge in [0.1, 0.15) is 23.0 Å². The molecule has 4 rings (SSSR count). The van der Waals surface area contributed by atoms with E-state index in [9.17, 15) is 0 Å². The average molecular weight is 557 g/mol. The van der Waals surface area contributed by atoms with E-state index in [-0.39, 0.29) is 11.2 Å². The van der Waals surface area contributed by atoms with Crippen molar-refractivity contribution in [3.05, 3.63) is 11.6 Å². The van der Waals surface area contributed by atoms with Crippen LogP contribution in [0, 0.1) is 40.4 Å². The second kappa shape index (κ2) is 9.12. The van der Waals surface area contributed by atoms with Crippen molar-refractivity contribution in [1.82, 2.24) is 0 Å². The molecule has 0 amide bonds. The highest BCUT2D eigenvalue weighted by Crippen LogP contribution is 2.68. The minimum absolute atomic E-state index is 0.00143. The SMILES string of the molecule is CC[C@]1(OC)CC[C@@]2(C)C(=CC[C@H]3[C@@H]4CC[C@H]([C@H](C)CCC(C)(C)OI)[C@@]4(C)CC[C@@H]32)C1. The van der Waals surface area contributed by atoms with Gasteiger partial charge in [0.2, 0.25) is 0 Å². The Morgan fingerprint density at radius 2 is 1.88 bits per heavy atom. The lowest BCUT2D eigenvalue weighted by Gasteiger charge is -2.59. The first-order valence-corrected chi connectivity index (χ1v) is 14.5. The van der Waals surface area contributed by atoms with Gasteiger partial charge in [-0.05, 0) is 125 Å². The van der Waals surface area contributed by atoms with Gasteiger partial charge in [-0.2, -0.15) is 0 Å². The number of rotatable bonds is 7. The molecule has 0 unspecified atom stereocenters. The van der Waals surface area contributed by atoms with Crippen LogP contribution in [0.25, 0.3) is 0 Å². The van der Waals surface area contributed by atoms with Crippen molar-refractivity contribution < 1.29 is 7.80 Å². The number of methoxy groups -OCH3 is 1.